The molecule has 0 aromatic carbocycles. The summed E-state index contributed by atoms with van der Waals surface area (Å²) in [5, 5.41) is 13.5. The topological polar surface area (TPSA) is 78.8 Å². The molecule has 3 heterocycles. The normalized spacial score (nSPS) is 21.1. The maximum Gasteiger partial charge on any atom is 0.231 e. The predicted molar refractivity (Wildman–Crippen MR) is 79.5 cm³/mol. The Kier molecular flexibility index (Phi) is 3.07. The van der Waals surface area contributed by atoms with Crippen LogP contribution in [0, 0.1) is 18.3 Å². The average Bonchev–Trinajstić information content (AvgIpc) is 3.07. The molecule has 0 unspecified atom stereocenters. The molecule has 1 aliphatic heterocycles. The van der Waals surface area contributed by atoms with Crippen molar-refractivity contribution < 1.29 is 4.52 Å². The van der Waals surface area contributed by atoms with E-state index in [0.29, 0.717) is 11.5 Å². The molecule has 1 atom stereocenters. The van der Waals surface area contributed by atoms with Crippen molar-refractivity contribution in [2.45, 2.75) is 38.0 Å². The number of anilines is 1. The maximum absolute atomic E-state index is 9.36. The lowest BCUT2D eigenvalue weighted by Crippen LogP contribution is -2.22. The van der Waals surface area contributed by atoms with E-state index in [4.69, 9.17) is 4.52 Å². The fourth-order valence-electron chi connectivity index (χ4n) is 3.00. The largest absolute Gasteiger partial charge is 0.355 e. The van der Waals surface area contributed by atoms with Gasteiger partial charge in [0.1, 0.15) is 11.9 Å². The van der Waals surface area contributed by atoms with Crippen LogP contribution in [0.15, 0.2) is 16.8 Å². The van der Waals surface area contributed by atoms with E-state index in [1.165, 1.54) is 12.8 Å². The van der Waals surface area contributed by atoms with E-state index in [9.17, 15) is 5.26 Å². The third-order valence-corrected chi connectivity index (χ3v) is 4.49. The summed E-state index contributed by atoms with van der Waals surface area (Å²) in [6, 6.07) is 4.14. The Morgan fingerprint density at radius 3 is 2.95 bits per heavy atom. The highest BCUT2D eigenvalue weighted by Crippen LogP contribution is 2.39. The van der Waals surface area contributed by atoms with Crippen LogP contribution in [0.4, 0.5) is 5.82 Å². The molecule has 22 heavy (non-hydrogen) atoms. The van der Waals surface area contributed by atoms with Crippen molar-refractivity contribution in [2.24, 2.45) is 0 Å². The molecule has 2 aromatic rings. The fraction of sp³-hybridized carbons (Fsp3) is 0.500. The highest BCUT2D eigenvalue weighted by molar-refractivity contribution is 5.57. The smallest absolute Gasteiger partial charge is 0.231 e. The van der Waals surface area contributed by atoms with Gasteiger partial charge in [0, 0.05) is 25.2 Å². The van der Waals surface area contributed by atoms with E-state index in [-0.39, 0.29) is 5.92 Å². The minimum Gasteiger partial charge on any atom is -0.355 e. The summed E-state index contributed by atoms with van der Waals surface area (Å²) in [5.74, 6) is 3.11. The summed E-state index contributed by atoms with van der Waals surface area (Å²) in [6.07, 6.45) is 5.06. The van der Waals surface area contributed by atoms with Crippen LogP contribution >= 0.6 is 0 Å². The number of nitrogens with zero attached hydrogens (tertiary/aromatic N) is 5. The third-order valence-electron chi connectivity index (χ3n) is 4.49. The predicted octanol–water partition coefficient (Wildman–Crippen LogP) is 2.52. The van der Waals surface area contributed by atoms with Gasteiger partial charge in [0.15, 0.2) is 5.82 Å². The van der Waals surface area contributed by atoms with Gasteiger partial charge in [-0.2, -0.15) is 10.2 Å². The molecule has 6 heteroatoms. The first-order chi connectivity index (χ1) is 10.8. The second kappa shape index (κ2) is 5.09. The lowest BCUT2D eigenvalue weighted by Gasteiger charge is -2.18. The molecule has 2 aromatic heterocycles. The quantitative estimate of drug-likeness (QED) is 0.865. The van der Waals surface area contributed by atoms with Gasteiger partial charge in [-0.15, -0.1) is 0 Å². The van der Waals surface area contributed by atoms with Crippen molar-refractivity contribution in [1.82, 2.24) is 15.1 Å². The van der Waals surface area contributed by atoms with Crippen LogP contribution < -0.4 is 4.90 Å². The average molecular weight is 295 g/mol. The number of rotatable bonds is 3. The minimum absolute atomic E-state index is 0.230. The van der Waals surface area contributed by atoms with E-state index < -0.39 is 0 Å². The molecule has 112 valence electrons. The zero-order valence-electron chi connectivity index (χ0n) is 12.5. The van der Waals surface area contributed by atoms with Gasteiger partial charge in [-0.05, 0) is 37.8 Å². The van der Waals surface area contributed by atoms with E-state index in [1.807, 2.05) is 13.0 Å². The highest BCUT2D eigenvalue weighted by atomic mass is 16.5. The van der Waals surface area contributed by atoms with Gasteiger partial charge in [0.25, 0.3) is 0 Å². The molecule has 1 saturated heterocycles. The van der Waals surface area contributed by atoms with E-state index in [1.54, 1.807) is 6.20 Å². The standard InChI is InChI=1S/C16H17N5O/c1-10-4-6-18-15(13(10)8-17)21-7-5-12(9-21)16-19-14(20-22-16)11-2-3-11/h4,6,11-12H,2-3,5,7,9H2,1H3/t12-/m1/s1. The molecule has 2 aliphatic rings. The highest BCUT2D eigenvalue weighted by Gasteiger charge is 2.33. The van der Waals surface area contributed by atoms with Crippen LogP contribution in [0.5, 0.6) is 0 Å². The molecule has 0 spiro atoms. The molecule has 2 fully saturated rings. The van der Waals surface area contributed by atoms with E-state index in [2.05, 4.69) is 26.1 Å². The van der Waals surface area contributed by atoms with Crippen LogP contribution in [-0.4, -0.2) is 28.2 Å². The Bertz CT molecular complexity index is 743. The molecule has 1 saturated carbocycles. The van der Waals surface area contributed by atoms with Gasteiger partial charge < -0.3 is 9.42 Å². The number of pyridine rings is 1. The molecule has 0 bridgehead atoms. The summed E-state index contributed by atoms with van der Waals surface area (Å²) < 4.78 is 5.44. The summed E-state index contributed by atoms with van der Waals surface area (Å²) in [6.45, 7) is 3.57. The number of aryl methyl sites for hydroxylation is 1. The molecular formula is C16H17N5O. The van der Waals surface area contributed by atoms with Crippen LogP contribution in [0.2, 0.25) is 0 Å². The Morgan fingerprint density at radius 2 is 2.18 bits per heavy atom. The first kappa shape index (κ1) is 13.3. The van der Waals surface area contributed by atoms with Crippen LogP contribution in [0.1, 0.15) is 53.9 Å². The molecular weight excluding hydrogens is 278 g/mol. The molecule has 4 rings (SSSR count). The molecule has 6 nitrogen and oxygen atoms in total. The first-order valence-corrected chi connectivity index (χ1v) is 7.70. The van der Waals surface area contributed by atoms with Crippen molar-refractivity contribution in [3.63, 3.8) is 0 Å². The van der Waals surface area contributed by atoms with Gasteiger partial charge in [-0.3, -0.25) is 0 Å². The molecule has 0 N–H and O–H groups in total. The van der Waals surface area contributed by atoms with Crippen molar-refractivity contribution in [2.75, 3.05) is 18.0 Å². The second-order valence-corrected chi connectivity index (χ2v) is 6.13. The summed E-state index contributed by atoms with van der Waals surface area (Å²) >= 11 is 0. The van der Waals surface area contributed by atoms with E-state index in [0.717, 1.165) is 42.6 Å². The van der Waals surface area contributed by atoms with Gasteiger partial charge in [-0.25, -0.2) is 4.98 Å². The number of nitriles is 1. The Morgan fingerprint density at radius 1 is 1.32 bits per heavy atom. The monoisotopic (exact) mass is 295 g/mol. The van der Waals surface area contributed by atoms with Crippen LogP contribution in [0.25, 0.3) is 0 Å². The SMILES string of the molecule is Cc1ccnc(N2CC[C@@H](c3nc(C4CC4)no3)C2)c1C#N. The Labute approximate surface area is 128 Å². The second-order valence-electron chi connectivity index (χ2n) is 6.13. The lowest BCUT2D eigenvalue weighted by atomic mass is 10.1. The summed E-state index contributed by atoms with van der Waals surface area (Å²) in [7, 11) is 0. The van der Waals surface area contributed by atoms with Gasteiger partial charge in [0.2, 0.25) is 5.89 Å². The molecule has 0 radical (unpaired) electrons. The third kappa shape index (κ3) is 2.23. The van der Waals surface area contributed by atoms with Crippen molar-refractivity contribution in [3.8, 4) is 6.07 Å². The zero-order valence-corrected chi connectivity index (χ0v) is 12.5. The summed E-state index contributed by atoms with van der Waals surface area (Å²) in [5.41, 5.74) is 1.62. The lowest BCUT2D eigenvalue weighted by molar-refractivity contribution is 0.355. The van der Waals surface area contributed by atoms with Crippen LogP contribution in [0.3, 0.4) is 0 Å². The number of hydrogen-bond acceptors (Lipinski definition) is 6. The maximum atomic E-state index is 9.36. The van der Waals surface area contributed by atoms with Gasteiger partial charge in [0.05, 0.1) is 11.5 Å². The fourth-order valence-corrected chi connectivity index (χ4v) is 3.00. The Balaban J connectivity index is 1.54. The zero-order chi connectivity index (χ0) is 15.1. The van der Waals surface area contributed by atoms with Gasteiger partial charge >= 0.3 is 0 Å². The molecule has 1 aliphatic carbocycles. The van der Waals surface area contributed by atoms with E-state index >= 15 is 0 Å². The van der Waals surface area contributed by atoms with Crippen LogP contribution in [-0.2, 0) is 0 Å². The number of hydrogen-bond donors (Lipinski definition) is 0. The van der Waals surface area contributed by atoms with Gasteiger partial charge in [-0.1, -0.05) is 5.16 Å². The Hall–Kier alpha value is -2.42. The molecule has 0 amide bonds. The number of aromatic nitrogens is 3. The first-order valence-electron chi connectivity index (χ1n) is 7.70. The van der Waals surface area contributed by atoms with Crippen molar-refractivity contribution in [3.05, 3.63) is 35.1 Å². The van der Waals surface area contributed by atoms with Crippen molar-refractivity contribution >= 4 is 5.82 Å². The minimum atomic E-state index is 0.230. The summed E-state index contributed by atoms with van der Waals surface area (Å²) in [4.78, 5) is 11.1. The van der Waals surface area contributed by atoms with Crippen molar-refractivity contribution in [1.29, 1.82) is 5.26 Å².